The summed E-state index contributed by atoms with van der Waals surface area (Å²) in [5.41, 5.74) is 30.1. The summed E-state index contributed by atoms with van der Waals surface area (Å²) in [4.78, 5) is 35.7. The molecule has 0 amide bonds. The van der Waals surface area contributed by atoms with Crippen molar-refractivity contribution in [3.63, 3.8) is 0 Å². The Hall–Kier alpha value is -17.7. The number of phenols is 5. The first-order chi connectivity index (χ1) is 66.6. The highest BCUT2D eigenvalue weighted by molar-refractivity contribution is 6.17. The molecule has 12 aromatic carbocycles. The fourth-order valence-electron chi connectivity index (χ4n) is 18.2. The number of aromatic nitrogens is 16. The molecule has 0 unspecified atom stereocenters. The van der Waals surface area contributed by atoms with Crippen molar-refractivity contribution in [2.75, 3.05) is 76.1 Å². The van der Waals surface area contributed by atoms with Gasteiger partial charge in [0.2, 0.25) is 6.79 Å². The van der Waals surface area contributed by atoms with Gasteiger partial charge in [0.15, 0.2) is 11.5 Å². The summed E-state index contributed by atoms with van der Waals surface area (Å²) in [5, 5.41) is 95.0. The Morgan fingerprint density at radius 3 is 0.956 bits per heavy atom. The van der Waals surface area contributed by atoms with Crippen LogP contribution in [0.1, 0.15) is 11.1 Å². The quantitative estimate of drug-likeness (QED) is 0.0608. The van der Waals surface area contributed by atoms with Gasteiger partial charge in [0.1, 0.15) is 28.7 Å². The van der Waals surface area contributed by atoms with E-state index in [2.05, 4.69) is 146 Å². The molecule has 0 bridgehead atoms. The summed E-state index contributed by atoms with van der Waals surface area (Å²) in [5.74, 6) is 2.72. The maximum Gasteiger partial charge on any atom is 0.231 e. The number of morpholine rings is 1. The number of phenolic OH excluding ortho intramolecular Hbond substituents is 5. The molecule has 27 heteroatoms. The number of nitrogens with one attached hydrogen (secondary N) is 5. The number of pyridine rings is 6. The van der Waals surface area contributed by atoms with Crippen molar-refractivity contribution in [2.24, 2.45) is 0 Å². The molecule has 3 aliphatic rings. The van der Waals surface area contributed by atoms with Crippen molar-refractivity contribution < 1.29 is 39.7 Å². The molecule has 0 spiro atoms. The molecule has 10 N–H and O–H groups in total. The van der Waals surface area contributed by atoms with Crippen molar-refractivity contribution in [1.29, 1.82) is 0 Å². The van der Waals surface area contributed by atoms with E-state index >= 15 is 0 Å². The second-order valence-corrected chi connectivity index (χ2v) is 33.9. The number of nitrogens with zero attached hydrogens (tertiary/aromatic N) is 14. The number of benzene rings is 12. The van der Waals surface area contributed by atoms with E-state index in [9.17, 15) is 25.5 Å². The second kappa shape index (κ2) is 35.9. The molecule has 0 aliphatic carbocycles. The SMILES string of the molecule is CN1CCN(c2cc(-c3ccc(O)cc3)nc3ccc4[nH]ncc4c23)CC1.Cc1ccc(-c2cc(-c3ccc(O)cc3)nc3ccc4[nH]ncc4c23)cc1C.Oc1ccc(-c2cc(-c3ccc4c(c3)OCO4)c3c(ccc4[nH]ncc43)n2)cc1.Oc1ccc(-c2cc(-c3ccncc3)c3c(ccc4[nH]ncc43)n2)cc1.Oc1ccc(-c2cc(N3CCOCC3)c3c(ccc4[nH]ncc43)n2)cc1. The van der Waals surface area contributed by atoms with Crippen LogP contribution in [-0.4, -0.2) is 178 Å². The second-order valence-electron chi connectivity index (χ2n) is 33.9. The monoisotopic (exact) mass is 1790 g/mol. The lowest BCUT2D eigenvalue weighted by atomic mass is 9.94. The van der Waals surface area contributed by atoms with Crippen LogP contribution in [0.4, 0.5) is 11.4 Å². The molecule has 3 aliphatic heterocycles. The highest BCUT2D eigenvalue weighted by Crippen LogP contribution is 2.45. The van der Waals surface area contributed by atoms with Gasteiger partial charge in [0.25, 0.3) is 0 Å². The molecule has 27 nitrogen and oxygen atoms in total. The van der Waals surface area contributed by atoms with Gasteiger partial charge in [0.05, 0.1) is 128 Å². The number of aryl methyl sites for hydroxylation is 2. The summed E-state index contributed by atoms with van der Waals surface area (Å²) < 4.78 is 16.6. The lowest BCUT2D eigenvalue weighted by Crippen LogP contribution is -2.44. The van der Waals surface area contributed by atoms with Crippen LogP contribution in [0.25, 0.3) is 199 Å². The Bertz CT molecular complexity index is 8430. The van der Waals surface area contributed by atoms with Gasteiger partial charge in [-0.1, -0.05) is 24.3 Å². The number of H-pyrrole nitrogens is 5. The van der Waals surface area contributed by atoms with E-state index < -0.39 is 0 Å². The van der Waals surface area contributed by atoms with E-state index in [1.165, 1.54) is 16.8 Å². The molecule has 11 aromatic heterocycles. The average molecular weight is 1790 g/mol. The number of ether oxygens (including phenoxy) is 3. The number of aromatic hydroxyl groups is 5. The first-order valence-corrected chi connectivity index (χ1v) is 44.6. The first-order valence-electron chi connectivity index (χ1n) is 44.6. The zero-order valence-corrected chi connectivity index (χ0v) is 74.0. The summed E-state index contributed by atoms with van der Waals surface area (Å²) in [6.07, 6.45) is 12.9. The molecule has 14 heterocycles. The van der Waals surface area contributed by atoms with Crippen LogP contribution < -0.4 is 19.3 Å². The topological polar surface area (TPSA) is 359 Å². The standard InChI is InChI=1S/C24H19N3O.C23H15N3O3.C21H21N5O.C21H14N4O.C20H18N4O2/c1-14-3-4-17(11-15(14)2)19-12-23(16-5-7-18(28)8-6-16)26-22-10-9-21-20(24(19)22)13-25-27-21;27-15-4-1-13(2-5-15)20-10-16(14-3-8-21-22(9-14)29-12-28-21)23-17-11-24-26-18(17)6-7-19(23)25-20;1-25-8-10-26(11-9-25)20-12-19(14-2-4-15(27)5-3-14)23-18-7-6-17-16(21(18)20)13-22-24-17;26-15-3-1-14(2-4-15)20-11-16(13-7-9-22-10-8-13)21-17-12-23-25-18(17)5-6-19(21)24-20;25-14-3-1-13(2-4-14)18-11-19(24-7-9-26-10-8-24)20-15-12-21-23-16(15)5-6-17(20)22-18/h3-13,28H,1-2H3,(H,25,27);1-11,27H,12H2,(H,24,26);2-7,12-13,27H,8-11H2,1H3,(H,22,24);1-12,26H,(H,23,25);1-6,11-12,25H,7-10H2,(H,21,23). The number of fused-ring (bicyclic) bond motifs is 16. The van der Waals surface area contributed by atoms with E-state index in [-0.39, 0.29) is 35.5 Å². The predicted molar refractivity (Wildman–Crippen MR) is 535 cm³/mol. The van der Waals surface area contributed by atoms with Gasteiger partial charge in [-0.2, -0.15) is 25.5 Å². The Labute approximate surface area is 776 Å². The van der Waals surface area contributed by atoms with Gasteiger partial charge in [-0.25, -0.2) is 24.9 Å². The lowest BCUT2D eigenvalue weighted by molar-refractivity contribution is 0.123. The smallest absolute Gasteiger partial charge is 0.231 e. The highest BCUT2D eigenvalue weighted by Gasteiger charge is 2.26. The molecule has 0 radical (unpaired) electrons. The Kier molecular flexibility index (Phi) is 22.1. The number of hydrogen-bond donors (Lipinski definition) is 10. The zero-order chi connectivity index (χ0) is 92.0. The third kappa shape index (κ3) is 16.6. The first kappa shape index (κ1) is 83.9. The number of likely N-dealkylation sites (N-methyl/N-ethyl adjacent to an activating group) is 1. The summed E-state index contributed by atoms with van der Waals surface area (Å²) in [6, 6.07) is 83.0. The van der Waals surface area contributed by atoms with Gasteiger partial charge in [-0.05, 0) is 302 Å². The molecule has 666 valence electrons. The van der Waals surface area contributed by atoms with Crippen LogP contribution in [0.5, 0.6) is 40.2 Å². The molecule has 0 saturated carbocycles. The van der Waals surface area contributed by atoms with Crippen molar-refractivity contribution >= 4 is 120 Å². The van der Waals surface area contributed by atoms with Gasteiger partial charge in [0, 0.05) is 145 Å². The highest BCUT2D eigenvalue weighted by atomic mass is 16.7. The van der Waals surface area contributed by atoms with Crippen molar-refractivity contribution in [3.05, 3.63) is 315 Å². The fraction of sp³-hybridized carbons (Fsp3) is 0.110. The number of aromatic amines is 5. The number of hydrogen-bond acceptors (Lipinski definition) is 22. The Morgan fingerprint density at radius 2 is 0.588 bits per heavy atom. The van der Waals surface area contributed by atoms with Gasteiger partial charge >= 0.3 is 0 Å². The van der Waals surface area contributed by atoms with E-state index in [0.29, 0.717) is 0 Å². The Balaban J connectivity index is 0.0000000986. The van der Waals surface area contributed by atoms with Crippen LogP contribution in [0, 0.1) is 13.8 Å². The molecule has 136 heavy (non-hydrogen) atoms. The minimum atomic E-state index is 0.227. The largest absolute Gasteiger partial charge is 0.508 e. The van der Waals surface area contributed by atoms with Crippen LogP contribution >= 0.6 is 0 Å². The number of anilines is 2. The predicted octanol–water partition coefficient (Wildman–Crippen LogP) is 21.7. The lowest BCUT2D eigenvalue weighted by Gasteiger charge is -2.35. The normalized spacial score (nSPS) is 13.2. The Morgan fingerprint density at radius 1 is 0.279 bits per heavy atom. The van der Waals surface area contributed by atoms with Crippen LogP contribution in [-0.2, 0) is 4.74 Å². The molecule has 26 rings (SSSR count). The zero-order valence-electron chi connectivity index (χ0n) is 74.0. The summed E-state index contributed by atoms with van der Waals surface area (Å²) in [7, 11) is 2.16. The maximum atomic E-state index is 9.64. The molecule has 2 saturated heterocycles. The van der Waals surface area contributed by atoms with Crippen LogP contribution in [0.3, 0.4) is 0 Å². The van der Waals surface area contributed by atoms with Gasteiger partial charge in [-0.3, -0.25) is 30.5 Å². The fourth-order valence-corrected chi connectivity index (χ4v) is 18.2. The van der Waals surface area contributed by atoms with Crippen LogP contribution in [0.2, 0.25) is 0 Å². The van der Waals surface area contributed by atoms with E-state index in [1.54, 1.807) is 73.1 Å². The van der Waals surface area contributed by atoms with Crippen LogP contribution in [0.15, 0.2) is 304 Å². The minimum absolute atomic E-state index is 0.227. The van der Waals surface area contributed by atoms with Crippen molar-refractivity contribution in [1.82, 2.24) is 85.8 Å². The van der Waals surface area contributed by atoms with E-state index in [0.717, 1.165) is 268 Å². The third-order valence-corrected chi connectivity index (χ3v) is 25.4. The van der Waals surface area contributed by atoms with Gasteiger partial charge < -0.3 is 54.4 Å². The minimum Gasteiger partial charge on any atom is -0.508 e. The summed E-state index contributed by atoms with van der Waals surface area (Å²) in [6.45, 7) is 11.7. The third-order valence-electron chi connectivity index (χ3n) is 25.4. The number of piperazine rings is 1. The number of rotatable bonds is 10. The van der Waals surface area contributed by atoms with E-state index in [4.69, 9.17) is 39.1 Å². The molecule has 23 aromatic rings. The van der Waals surface area contributed by atoms with Gasteiger partial charge in [-0.15, -0.1) is 0 Å². The molecular formula is C109H87N19O8. The molecule has 0 atom stereocenters. The van der Waals surface area contributed by atoms with Crippen molar-refractivity contribution in [3.8, 4) is 130 Å². The summed E-state index contributed by atoms with van der Waals surface area (Å²) >= 11 is 0. The molecular weight excluding hydrogens is 1700 g/mol. The average Bonchev–Trinajstić information content (AvgIpc) is 1.42. The maximum absolute atomic E-state index is 9.64. The molecule has 2 fully saturated rings. The van der Waals surface area contributed by atoms with E-state index in [1.807, 2.05) is 177 Å². The van der Waals surface area contributed by atoms with Crippen molar-refractivity contribution in [2.45, 2.75) is 13.8 Å².